The van der Waals surface area contributed by atoms with Crippen LogP contribution in [0.5, 0.6) is 0 Å². The first-order valence-corrected chi connectivity index (χ1v) is 12.0. The third-order valence-corrected chi connectivity index (χ3v) is 6.73. The highest BCUT2D eigenvalue weighted by atomic mass is 16.3. The number of para-hydroxylation sites is 1. The molecule has 1 saturated heterocycles. The van der Waals surface area contributed by atoms with Gasteiger partial charge in [-0.2, -0.15) is 0 Å². The van der Waals surface area contributed by atoms with Crippen LogP contribution in [0, 0.1) is 6.92 Å². The number of pyridine rings is 2. The van der Waals surface area contributed by atoms with Crippen LogP contribution in [-0.2, 0) is 4.79 Å². The fraction of sp³-hybridized carbons (Fsp3) is 0.179. The second-order valence-electron chi connectivity index (χ2n) is 9.02. The Balaban J connectivity index is 1.24. The van der Waals surface area contributed by atoms with Crippen LogP contribution in [-0.4, -0.2) is 68.5 Å². The van der Waals surface area contributed by atoms with E-state index in [0.717, 1.165) is 16.5 Å². The number of H-pyrrole nitrogens is 1. The molecule has 6 rings (SSSR count). The van der Waals surface area contributed by atoms with Crippen molar-refractivity contribution in [2.45, 2.75) is 6.92 Å². The van der Waals surface area contributed by atoms with Gasteiger partial charge in [-0.1, -0.05) is 24.3 Å². The number of nitrogens with one attached hydrogen (secondary N) is 1. The lowest BCUT2D eigenvalue weighted by atomic mass is 10.0. The number of aromatic amines is 1. The highest BCUT2D eigenvalue weighted by Gasteiger charge is 2.31. The molecule has 1 fully saturated rings. The Labute approximate surface area is 211 Å². The molecule has 1 N–H and O–H groups in total. The van der Waals surface area contributed by atoms with Gasteiger partial charge in [0.05, 0.1) is 11.1 Å². The lowest BCUT2D eigenvalue weighted by Crippen LogP contribution is -2.52. The Kier molecular flexibility index (Phi) is 5.52. The summed E-state index contributed by atoms with van der Waals surface area (Å²) >= 11 is 0. The van der Waals surface area contributed by atoms with E-state index in [1.807, 2.05) is 37.3 Å². The van der Waals surface area contributed by atoms with E-state index in [1.54, 1.807) is 41.7 Å². The first kappa shape index (κ1) is 22.7. The van der Waals surface area contributed by atoms with Crippen molar-refractivity contribution < 1.29 is 18.8 Å². The van der Waals surface area contributed by atoms with Gasteiger partial charge in [0.1, 0.15) is 17.0 Å². The predicted octanol–water partition coefficient (Wildman–Crippen LogP) is 3.85. The van der Waals surface area contributed by atoms with Crippen molar-refractivity contribution in [2.75, 3.05) is 26.2 Å². The van der Waals surface area contributed by atoms with Crippen molar-refractivity contribution in [3.63, 3.8) is 0 Å². The molecule has 0 atom stereocenters. The van der Waals surface area contributed by atoms with Crippen LogP contribution in [0.25, 0.3) is 33.3 Å². The number of carbonyl (C=O) groups is 3. The minimum absolute atomic E-state index is 0.183. The second kappa shape index (κ2) is 9.02. The van der Waals surface area contributed by atoms with Gasteiger partial charge in [0, 0.05) is 55.5 Å². The predicted molar refractivity (Wildman–Crippen MR) is 137 cm³/mol. The number of benzene rings is 1. The number of piperazine rings is 1. The fourth-order valence-corrected chi connectivity index (χ4v) is 4.80. The van der Waals surface area contributed by atoms with E-state index in [1.165, 1.54) is 4.90 Å². The molecule has 0 bridgehead atoms. The lowest BCUT2D eigenvalue weighted by molar-refractivity contribution is -0.127. The average Bonchev–Trinajstić information content (AvgIpc) is 3.58. The van der Waals surface area contributed by atoms with Gasteiger partial charge in [0.2, 0.25) is 0 Å². The largest absolute Gasteiger partial charge is 0.454 e. The molecule has 2 amide bonds. The summed E-state index contributed by atoms with van der Waals surface area (Å²) in [7, 11) is 0. The number of aromatic nitrogens is 3. The van der Waals surface area contributed by atoms with Gasteiger partial charge < -0.3 is 19.2 Å². The Morgan fingerprint density at radius 1 is 0.946 bits per heavy atom. The maximum atomic E-state index is 13.4. The standard InChI is InChI=1S/C28H23N5O4/c1-17-15-30-24(22-14-18-6-2-3-8-21(18)37-22)25-23(17)19(16-31-25)26(34)28(36)33-12-10-32(11-13-33)27(35)20-7-4-5-9-29-20/h2-9,14-16,31H,10-13H2,1H3. The summed E-state index contributed by atoms with van der Waals surface area (Å²) < 4.78 is 6.00. The molecule has 37 heavy (non-hydrogen) atoms. The molecule has 5 aromatic rings. The topological polar surface area (TPSA) is 112 Å². The number of nitrogens with zero attached hydrogens (tertiary/aromatic N) is 4. The van der Waals surface area contributed by atoms with Crippen LogP contribution in [0.1, 0.15) is 26.4 Å². The maximum Gasteiger partial charge on any atom is 0.295 e. The number of carbonyl (C=O) groups excluding carboxylic acids is 3. The number of rotatable bonds is 4. The zero-order chi connectivity index (χ0) is 25.5. The first-order valence-electron chi connectivity index (χ1n) is 12.0. The molecule has 9 nitrogen and oxygen atoms in total. The molecule has 184 valence electrons. The molecule has 1 aromatic carbocycles. The molecule has 0 unspecified atom stereocenters. The first-order chi connectivity index (χ1) is 18.0. The summed E-state index contributed by atoms with van der Waals surface area (Å²) in [6.45, 7) is 3.07. The highest BCUT2D eigenvalue weighted by molar-refractivity contribution is 6.45. The van der Waals surface area contributed by atoms with Crippen molar-refractivity contribution in [3.8, 4) is 11.5 Å². The van der Waals surface area contributed by atoms with Crippen molar-refractivity contribution in [1.29, 1.82) is 0 Å². The number of furan rings is 1. The summed E-state index contributed by atoms with van der Waals surface area (Å²) in [5.74, 6) is -0.795. The molecule has 0 radical (unpaired) electrons. The van der Waals surface area contributed by atoms with E-state index in [4.69, 9.17) is 4.42 Å². The van der Waals surface area contributed by atoms with Crippen LogP contribution in [0.4, 0.5) is 0 Å². The maximum absolute atomic E-state index is 13.4. The molecule has 5 heterocycles. The zero-order valence-corrected chi connectivity index (χ0v) is 20.1. The van der Waals surface area contributed by atoms with Gasteiger partial charge in [0.25, 0.3) is 17.6 Å². The molecular weight excluding hydrogens is 470 g/mol. The van der Waals surface area contributed by atoms with E-state index < -0.39 is 11.7 Å². The van der Waals surface area contributed by atoms with E-state index in [9.17, 15) is 14.4 Å². The van der Waals surface area contributed by atoms with Crippen LogP contribution < -0.4 is 0 Å². The number of aryl methyl sites for hydroxylation is 1. The third-order valence-electron chi connectivity index (χ3n) is 6.73. The van der Waals surface area contributed by atoms with Gasteiger partial charge in [-0.05, 0) is 36.8 Å². The molecule has 1 aliphatic heterocycles. The minimum Gasteiger partial charge on any atom is -0.454 e. The van der Waals surface area contributed by atoms with Crippen molar-refractivity contribution in [1.82, 2.24) is 24.8 Å². The van der Waals surface area contributed by atoms with Gasteiger partial charge in [-0.15, -0.1) is 0 Å². The molecule has 0 saturated carbocycles. The molecule has 1 aliphatic rings. The smallest absolute Gasteiger partial charge is 0.295 e. The Morgan fingerprint density at radius 3 is 2.46 bits per heavy atom. The Hall–Kier alpha value is -4.79. The van der Waals surface area contributed by atoms with Gasteiger partial charge in [-0.25, -0.2) is 0 Å². The van der Waals surface area contributed by atoms with Crippen LogP contribution in [0.15, 0.2) is 71.5 Å². The van der Waals surface area contributed by atoms with Gasteiger partial charge in [0.15, 0.2) is 5.76 Å². The van der Waals surface area contributed by atoms with E-state index >= 15 is 0 Å². The molecule has 4 aromatic heterocycles. The molecule has 0 spiro atoms. The monoisotopic (exact) mass is 493 g/mol. The van der Waals surface area contributed by atoms with Crippen LogP contribution in [0.3, 0.4) is 0 Å². The third kappa shape index (κ3) is 3.94. The van der Waals surface area contributed by atoms with Crippen LogP contribution >= 0.6 is 0 Å². The Bertz CT molecular complexity index is 1630. The van der Waals surface area contributed by atoms with Crippen molar-refractivity contribution >= 4 is 39.5 Å². The number of Topliss-reactive ketones (excluding diaryl/α,β-unsaturated/α-hetero) is 1. The highest BCUT2D eigenvalue weighted by Crippen LogP contribution is 2.33. The normalized spacial score (nSPS) is 13.9. The van der Waals surface area contributed by atoms with E-state index in [-0.39, 0.29) is 19.0 Å². The molecule has 0 aliphatic carbocycles. The summed E-state index contributed by atoms with van der Waals surface area (Å²) in [6, 6.07) is 14.8. The summed E-state index contributed by atoms with van der Waals surface area (Å²) in [6.07, 6.45) is 4.82. The van der Waals surface area contributed by atoms with E-state index in [0.29, 0.717) is 46.7 Å². The second-order valence-corrected chi connectivity index (χ2v) is 9.02. The molecule has 9 heteroatoms. The minimum atomic E-state index is -0.597. The fourth-order valence-electron chi connectivity index (χ4n) is 4.80. The SMILES string of the molecule is Cc1cnc(-c2cc3ccccc3o2)c2[nH]cc(C(=O)C(=O)N3CCN(C(=O)c4ccccn4)CC3)c12. The number of amides is 2. The summed E-state index contributed by atoms with van der Waals surface area (Å²) in [5.41, 5.74) is 3.39. The van der Waals surface area contributed by atoms with Crippen molar-refractivity contribution in [3.05, 3.63) is 83.9 Å². The molecular formula is C28H23N5O4. The Morgan fingerprint density at radius 2 is 1.70 bits per heavy atom. The summed E-state index contributed by atoms with van der Waals surface area (Å²) in [5, 5.41) is 1.60. The quantitative estimate of drug-likeness (QED) is 0.301. The lowest BCUT2D eigenvalue weighted by Gasteiger charge is -2.34. The summed E-state index contributed by atoms with van der Waals surface area (Å²) in [4.78, 5) is 54.2. The average molecular weight is 494 g/mol. The number of ketones is 1. The van der Waals surface area contributed by atoms with Crippen molar-refractivity contribution in [2.24, 2.45) is 0 Å². The number of fused-ring (bicyclic) bond motifs is 2. The number of hydrogen-bond donors (Lipinski definition) is 1. The number of hydrogen-bond acceptors (Lipinski definition) is 6. The van der Waals surface area contributed by atoms with Crippen LogP contribution in [0.2, 0.25) is 0 Å². The van der Waals surface area contributed by atoms with Gasteiger partial charge >= 0.3 is 0 Å². The van der Waals surface area contributed by atoms with Gasteiger partial charge in [-0.3, -0.25) is 24.4 Å². The van der Waals surface area contributed by atoms with E-state index in [2.05, 4.69) is 15.0 Å². The zero-order valence-electron chi connectivity index (χ0n) is 20.1.